The van der Waals surface area contributed by atoms with Gasteiger partial charge in [0.1, 0.15) is 12.4 Å². The second kappa shape index (κ2) is 6.63. The number of likely N-dealkylation sites (tertiary alicyclic amines) is 1. The summed E-state index contributed by atoms with van der Waals surface area (Å²) in [6, 6.07) is 9.83. The minimum absolute atomic E-state index is 0.0334. The number of hydrogen-bond donors (Lipinski definition) is 1. The number of rotatable bonds is 5. The van der Waals surface area contributed by atoms with Crippen LogP contribution in [0.1, 0.15) is 26.2 Å². The zero-order valence-electron chi connectivity index (χ0n) is 14.2. The van der Waals surface area contributed by atoms with Gasteiger partial charge in [0.2, 0.25) is 0 Å². The van der Waals surface area contributed by atoms with Gasteiger partial charge in [0.25, 0.3) is 0 Å². The normalized spacial score (nSPS) is 31.8. The number of fused-ring (bicyclic) bond motifs is 5. The molecule has 0 aliphatic carbocycles. The van der Waals surface area contributed by atoms with Gasteiger partial charge >= 0.3 is 6.03 Å². The average molecular weight is 330 g/mol. The first-order chi connectivity index (χ1) is 11.7. The van der Waals surface area contributed by atoms with Gasteiger partial charge in [-0.1, -0.05) is 25.1 Å². The molecule has 1 aromatic carbocycles. The number of amides is 2. The van der Waals surface area contributed by atoms with Crippen molar-refractivity contribution >= 4 is 6.03 Å². The molecule has 5 nitrogen and oxygen atoms in total. The summed E-state index contributed by atoms with van der Waals surface area (Å²) in [5.74, 6) is 1.94. The lowest BCUT2D eigenvalue weighted by molar-refractivity contribution is 0.0735. The Balaban J connectivity index is 1.28. The maximum Gasteiger partial charge on any atom is 0.317 e. The molecule has 0 unspecified atom stereocenters. The molecule has 3 aliphatic rings. The Bertz CT molecular complexity index is 561. The molecule has 130 valence electrons. The van der Waals surface area contributed by atoms with Gasteiger partial charge in [-0.15, -0.1) is 0 Å². The quantitative estimate of drug-likeness (QED) is 0.903. The van der Waals surface area contributed by atoms with E-state index in [9.17, 15) is 4.79 Å². The molecule has 2 amide bonds. The topological polar surface area (TPSA) is 50.8 Å². The summed E-state index contributed by atoms with van der Waals surface area (Å²) in [5, 5.41) is 3.14. The minimum atomic E-state index is 0.0334. The Hall–Kier alpha value is -1.75. The van der Waals surface area contributed by atoms with Gasteiger partial charge in [0.05, 0.1) is 18.2 Å². The Morgan fingerprint density at radius 3 is 2.54 bits per heavy atom. The van der Waals surface area contributed by atoms with Crippen LogP contribution in [0.4, 0.5) is 4.79 Å². The molecule has 1 aromatic rings. The summed E-state index contributed by atoms with van der Waals surface area (Å²) < 4.78 is 11.8. The van der Waals surface area contributed by atoms with Crippen molar-refractivity contribution in [1.82, 2.24) is 10.2 Å². The molecule has 3 fully saturated rings. The van der Waals surface area contributed by atoms with Crippen molar-refractivity contribution in [3.05, 3.63) is 30.3 Å². The van der Waals surface area contributed by atoms with E-state index in [1.54, 1.807) is 0 Å². The summed E-state index contributed by atoms with van der Waals surface area (Å²) in [4.78, 5) is 14.6. The second-order valence-corrected chi connectivity index (χ2v) is 7.20. The van der Waals surface area contributed by atoms with Crippen LogP contribution >= 0.6 is 0 Å². The lowest BCUT2D eigenvalue weighted by atomic mass is 9.82. The number of para-hydroxylation sites is 1. The molecule has 5 atom stereocenters. The van der Waals surface area contributed by atoms with Gasteiger partial charge in [-0.05, 0) is 31.4 Å². The lowest BCUT2D eigenvalue weighted by Gasteiger charge is -2.24. The first-order valence-electron chi connectivity index (χ1n) is 9.13. The van der Waals surface area contributed by atoms with E-state index >= 15 is 0 Å². The fourth-order valence-corrected chi connectivity index (χ4v) is 4.37. The predicted molar refractivity (Wildman–Crippen MR) is 91.0 cm³/mol. The summed E-state index contributed by atoms with van der Waals surface area (Å²) in [5.41, 5.74) is 0. The van der Waals surface area contributed by atoms with Gasteiger partial charge in [-0.2, -0.15) is 0 Å². The largest absolute Gasteiger partial charge is 0.491 e. The van der Waals surface area contributed by atoms with Crippen LogP contribution in [-0.2, 0) is 4.74 Å². The number of carbonyl (C=O) groups excluding carboxylic acids is 1. The standard InChI is InChI=1S/C19H26N2O3/c1-2-13(12-23-14-6-4-3-5-7-14)20-19(22)21-10-15-16(11-21)18-9-8-17(15)24-18/h3-7,13,15-18H,2,8-12H2,1H3,(H,20,22)/t13-,15+,16+,17-,18-/m1/s1. The molecule has 0 radical (unpaired) electrons. The summed E-state index contributed by atoms with van der Waals surface area (Å²) in [7, 11) is 0. The van der Waals surface area contributed by atoms with E-state index in [0.717, 1.165) is 25.3 Å². The van der Waals surface area contributed by atoms with Crippen molar-refractivity contribution in [2.75, 3.05) is 19.7 Å². The van der Waals surface area contributed by atoms with Crippen molar-refractivity contribution in [3.8, 4) is 5.75 Å². The minimum Gasteiger partial charge on any atom is -0.491 e. The third kappa shape index (κ3) is 2.97. The fourth-order valence-electron chi connectivity index (χ4n) is 4.37. The number of hydrogen-bond acceptors (Lipinski definition) is 3. The average Bonchev–Trinajstić information content (AvgIpc) is 3.31. The molecule has 2 bridgehead atoms. The van der Waals surface area contributed by atoms with Crippen LogP contribution in [0.5, 0.6) is 5.75 Å². The molecular weight excluding hydrogens is 304 g/mol. The number of ether oxygens (including phenoxy) is 2. The zero-order valence-corrected chi connectivity index (χ0v) is 14.2. The third-order valence-electron chi connectivity index (χ3n) is 5.75. The Morgan fingerprint density at radius 2 is 1.92 bits per heavy atom. The van der Waals surface area contributed by atoms with E-state index in [1.807, 2.05) is 35.2 Å². The highest BCUT2D eigenvalue weighted by Crippen LogP contribution is 2.47. The van der Waals surface area contributed by atoms with Crippen LogP contribution in [0.15, 0.2) is 30.3 Å². The smallest absolute Gasteiger partial charge is 0.317 e. The summed E-state index contributed by atoms with van der Waals surface area (Å²) in [6.45, 7) is 4.26. The van der Waals surface area contributed by atoms with E-state index in [4.69, 9.17) is 9.47 Å². The number of benzene rings is 1. The molecule has 0 saturated carbocycles. The number of nitrogens with zero attached hydrogens (tertiary/aromatic N) is 1. The van der Waals surface area contributed by atoms with Crippen LogP contribution in [0.2, 0.25) is 0 Å². The molecular formula is C19H26N2O3. The van der Waals surface area contributed by atoms with Gasteiger partial charge in [0, 0.05) is 24.9 Å². The van der Waals surface area contributed by atoms with Crippen molar-refractivity contribution in [3.63, 3.8) is 0 Å². The SMILES string of the molecule is CC[C@H](COc1ccccc1)NC(=O)N1C[C@H]2[C@H](C1)[C@H]1CC[C@H]2O1. The highest BCUT2D eigenvalue weighted by Gasteiger charge is 2.53. The van der Waals surface area contributed by atoms with Crippen LogP contribution in [-0.4, -0.2) is 48.9 Å². The van der Waals surface area contributed by atoms with Crippen molar-refractivity contribution in [2.24, 2.45) is 11.8 Å². The van der Waals surface area contributed by atoms with E-state index < -0.39 is 0 Å². The van der Waals surface area contributed by atoms with Crippen molar-refractivity contribution in [1.29, 1.82) is 0 Å². The molecule has 4 rings (SSSR count). The zero-order chi connectivity index (χ0) is 16.5. The molecule has 0 aromatic heterocycles. The van der Waals surface area contributed by atoms with Crippen molar-refractivity contribution < 1.29 is 14.3 Å². The predicted octanol–water partition coefficient (Wildman–Crippen LogP) is 2.66. The van der Waals surface area contributed by atoms with E-state index in [-0.39, 0.29) is 12.1 Å². The molecule has 3 heterocycles. The summed E-state index contributed by atoms with van der Waals surface area (Å²) in [6.07, 6.45) is 3.98. The Labute approximate surface area is 143 Å². The molecule has 24 heavy (non-hydrogen) atoms. The Morgan fingerprint density at radius 1 is 1.25 bits per heavy atom. The lowest BCUT2D eigenvalue weighted by Crippen LogP contribution is -2.46. The van der Waals surface area contributed by atoms with Crippen LogP contribution < -0.4 is 10.1 Å². The van der Waals surface area contributed by atoms with Crippen LogP contribution in [0, 0.1) is 11.8 Å². The summed E-state index contributed by atoms with van der Waals surface area (Å²) >= 11 is 0. The molecule has 5 heteroatoms. The second-order valence-electron chi connectivity index (χ2n) is 7.20. The first kappa shape index (κ1) is 15.8. The third-order valence-corrected chi connectivity index (χ3v) is 5.75. The van der Waals surface area contributed by atoms with Gasteiger partial charge in [0.15, 0.2) is 0 Å². The molecule has 1 N–H and O–H groups in total. The highest BCUT2D eigenvalue weighted by atomic mass is 16.5. The van der Waals surface area contributed by atoms with E-state index in [0.29, 0.717) is 30.7 Å². The van der Waals surface area contributed by atoms with E-state index in [2.05, 4.69) is 12.2 Å². The molecule has 3 aliphatic heterocycles. The van der Waals surface area contributed by atoms with Crippen LogP contribution in [0.25, 0.3) is 0 Å². The van der Waals surface area contributed by atoms with E-state index in [1.165, 1.54) is 12.8 Å². The number of nitrogens with one attached hydrogen (secondary N) is 1. The molecule has 3 saturated heterocycles. The molecule has 0 spiro atoms. The number of carbonyl (C=O) groups is 1. The van der Waals surface area contributed by atoms with Gasteiger partial charge in [-0.3, -0.25) is 0 Å². The van der Waals surface area contributed by atoms with Crippen molar-refractivity contribution in [2.45, 2.75) is 44.4 Å². The maximum atomic E-state index is 12.6. The highest BCUT2D eigenvalue weighted by molar-refractivity contribution is 5.75. The fraction of sp³-hybridized carbons (Fsp3) is 0.632. The monoisotopic (exact) mass is 330 g/mol. The first-order valence-corrected chi connectivity index (χ1v) is 9.13. The number of urea groups is 1. The maximum absolute atomic E-state index is 12.6. The van der Waals surface area contributed by atoms with Gasteiger partial charge < -0.3 is 19.7 Å². The van der Waals surface area contributed by atoms with Gasteiger partial charge in [-0.25, -0.2) is 4.79 Å². The van der Waals surface area contributed by atoms with Crippen LogP contribution in [0.3, 0.4) is 0 Å². The Kier molecular flexibility index (Phi) is 4.35.